The van der Waals surface area contributed by atoms with Gasteiger partial charge in [-0.2, -0.15) is 0 Å². The summed E-state index contributed by atoms with van der Waals surface area (Å²) in [6, 6.07) is 15.5. The summed E-state index contributed by atoms with van der Waals surface area (Å²) in [6.07, 6.45) is 1.33. The molecule has 1 saturated heterocycles. The van der Waals surface area contributed by atoms with Crippen molar-refractivity contribution in [1.82, 2.24) is 9.88 Å². The summed E-state index contributed by atoms with van der Waals surface area (Å²) in [5.74, 6) is 0. The van der Waals surface area contributed by atoms with Gasteiger partial charge in [0.05, 0.1) is 11.7 Å². The van der Waals surface area contributed by atoms with E-state index >= 15 is 0 Å². The molecule has 2 heterocycles. The Kier molecular flexibility index (Phi) is 4.57. The molecule has 2 unspecified atom stereocenters. The smallest absolute Gasteiger partial charge is 0.407 e. The molecule has 3 rings (SSSR count). The molecule has 0 saturated carbocycles. The molecular weight excluding hydrogens is 290 g/mol. The molecule has 2 atom stereocenters. The van der Waals surface area contributed by atoms with E-state index in [0.29, 0.717) is 13.0 Å². The third kappa shape index (κ3) is 3.51. The fraction of sp³-hybridized carbons (Fsp3) is 0.333. The van der Waals surface area contributed by atoms with Crippen molar-refractivity contribution in [2.45, 2.75) is 31.3 Å². The maximum Gasteiger partial charge on any atom is 0.407 e. The first kappa shape index (κ1) is 15.5. The quantitative estimate of drug-likeness (QED) is 0.913. The van der Waals surface area contributed by atoms with Gasteiger partial charge in [0, 0.05) is 30.3 Å². The summed E-state index contributed by atoms with van der Waals surface area (Å²) in [7, 11) is 0. The lowest BCUT2D eigenvalue weighted by molar-refractivity contribution is 0.0971. The predicted octanol–water partition coefficient (Wildman–Crippen LogP) is 2.76. The van der Waals surface area contributed by atoms with Crippen molar-refractivity contribution in [1.29, 1.82) is 0 Å². The van der Waals surface area contributed by atoms with Crippen LogP contribution >= 0.6 is 0 Å². The molecule has 0 aliphatic carbocycles. The van der Waals surface area contributed by atoms with Crippen LogP contribution in [-0.4, -0.2) is 39.7 Å². The second-order valence-electron chi connectivity index (χ2n) is 5.93. The van der Waals surface area contributed by atoms with Gasteiger partial charge >= 0.3 is 6.09 Å². The number of nitrogens with two attached hydrogens (primary N) is 1. The highest BCUT2D eigenvalue weighted by atomic mass is 16.4. The highest BCUT2D eigenvalue weighted by molar-refractivity contribution is 5.66. The molecule has 1 fully saturated rings. The molecule has 0 spiro atoms. The number of hydrogen-bond acceptors (Lipinski definition) is 3. The number of pyridine rings is 1. The van der Waals surface area contributed by atoms with E-state index in [2.05, 4.69) is 0 Å². The second kappa shape index (κ2) is 6.79. The van der Waals surface area contributed by atoms with Crippen LogP contribution in [0.25, 0.3) is 11.3 Å². The minimum atomic E-state index is -0.899. The predicted molar refractivity (Wildman–Crippen MR) is 89.1 cm³/mol. The Balaban J connectivity index is 1.83. The Morgan fingerprint density at radius 2 is 2.00 bits per heavy atom. The molecule has 5 nitrogen and oxygen atoms in total. The first-order valence-electron chi connectivity index (χ1n) is 7.91. The molecule has 5 heteroatoms. The number of amides is 1. The Morgan fingerprint density at radius 1 is 1.22 bits per heavy atom. The van der Waals surface area contributed by atoms with Gasteiger partial charge in [0.25, 0.3) is 0 Å². The topological polar surface area (TPSA) is 79.5 Å². The molecular formula is C18H21N3O2. The molecule has 1 aliphatic heterocycles. The van der Waals surface area contributed by atoms with Crippen LogP contribution in [0.5, 0.6) is 0 Å². The number of piperidine rings is 1. The molecule has 0 bridgehead atoms. The van der Waals surface area contributed by atoms with Gasteiger partial charge in [-0.15, -0.1) is 0 Å². The zero-order valence-corrected chi connectivity index (χ0v) is 12.9. The SMILES string of the molecule is NC1CCCN(C(=O)O)C1Cc1cccc(-c2ccccc2)n1. The van der Waals surface area contributed by atoms with Gasteiger partial charge in [-0.05, 0) is 25.0 Å². The van der Waals surface area contributed by atoms with Gasteiger partial charge in [0.2, 0.25) is 0 Å². The minimum absolute atomic E-state index is 0.137. The average Bonchev–Trinajstić information content (AvgIpc) is 2.57. The van der Waals surface area contributed by atoms with E-state index < -0.39 is 6.09 Å². The molecule has 120 valence electrons. The molecule has 1 aromatic heterocycles. The molecule has 1 amide bonds. The van der Waals surface area contributed by atoms with Crippen LogP contribution in [0.2, 0.25) is 0 Å². The van der Waals surface area contributed by atoms with Gasteiger partial charge in [-0.25, -0.2) is 4.79 Å². The van der Waals surface area contributed by atoms with Crippen LogP contribution in [0.4, 0.5) is 4.79 Å². The summed E-state index contributed by atoms with van der Waals surface area (Å²) in [5.41, 5.74) is 9.00. The zero-order chi connectivity index (χ0) is 16.2. The van der Waals surface area contributed by atoms with Crippen LogP contribution in [0, 0.1) is 0 Å². The van der Waals surface area contributed by atoms with Crippen molar-refractivity contribution in [2.24, 2.45) is 5.73 Å². The second-order valence-corrected chi connectivity index (χ2v) is 5.93. The van der Waals surface area contributed by atoms with Crippen molar-refractivity contribution in [3.63, 3.8) is 0 Å². The Hall–Kier alpha value is -2.40. The number of hydrogen-bond donors (Lipinski definition) is 2. The van der Waals surface area contributed by atoms with Crippen LogP contribution in [0.15, 0.2) is 48.5 Å². The molecule has 3 N–H and O–H groups in total. The Bertz CT molecular complexity index is 675. The van der Waals surface area contributed by atoms with Crippen LogP contribution in [0.1, 0.15) is 18.5 Å². The van der Waals surface area contributed by atoms with Gasteiger partial charge in [0.1, 0.15) is 0 Å². The van der Waals surface area contributed by atoms with E-state index in [1.807, 2.05) is 48.5 Å². The third-order valence-corrected chi connectivity index (χ3v) is 4.37. The molecule has 0 radical (unpaired) electrons. The first-order chi connectivity index (χ1) is 11.1. The largest absolute Gasteiger partial charge is 0.465 e. The van der Waals surface area contributed by atoms with E-state index in [1.54, 1.807) is 0 Å². The standard InChI is InChI=1S/C18H21N3O2/c19-15-9-5-11-21(18(22)23)17(15)12-14-8-4-10-16(20-14)13-6-2-1-3-7-13/h1-4,6-8,10,15,17H,5,9,11-12,19H2,(H,22,23). The van der Waals surface area contributed by atoms with E-state index in [9.17, 15) is 9.90 Å². The van der Waals surface area contributed by atoms with Gasteiger partial charge < -0.3 is 15.7 Å². The summed E-state index contributed by atoms with van der Waals surface area (Å²) in [5, 5.41) is 9.39. The lowest BCUT2D eigenvalue weighted by Gasteiger charge is -2.37. The molecule has 1 aliphatic rings. The Labute approximate surface area is 135 Å². The zero-order valence-electron chi connectivity index (χ0n) is 12.9. The first-order valence-corrected chi connectivity index (χ1v) is 7.91. The maximum absolute atomic E-state index is 11.4. The normalized spacial score (nSPS) is 21.2. The van der Waals surface area contributed by atoms with Crippen LogP contribution < -0.4 is 5.73 Å². The number of aromatic nitrogens is 1. The van der Waals surface area contributed by atoms with Crippen molar-refractivity contribution in [3.05, 3.63) is 54.2 Å². The summed E-state index contributed by atoms with van der Waals surface area (Å²) < 4.78 is 0. The number of nitrogens with zero attached hydrogens (tertiary/aromatic N) is 2. The summed E-state index contributed by atoms with van der Waals surface area (Å²) in [6.45, 7) is 0.548. The summed E-state index contributed by atoms with van der Waals surface area (Å²) in [4.78, 5) is 17.6. The van der Waals surface area contributed by atoms with E-state index in [1.165, 1.54) is 4.90 Å². The van der Waals surface area contributed by atoms with Crippen molar-refractivity contribution < 1.29 is 9.90 Å². The molecule has 2 aromatic rings. The lowest BCUT2D eigenvalue weighted by Crippen LogP contribution is -2.55. The number of likely N-dealkylation sites (tertiary alicyclic amines) is 1. The average molecular weight is 311 g/mol. The van der Waals surface area contributed by atoms with Gasteiger partial charge in [-0.3, -0.25) is 4.98 Å². The highest BCUT2D eigenvalue weighted by Gasteiger charge is 2.32. The highest BCUT2D eigenvalue weighted by Crippen LogP contribution is 2.22. The number of carbonyl (C=O) groups is 1. The van der Waals surface area contributed by atoms with Crippen molar-refractivity contribution in [3.8, 4) is 11.3 Å². The fourth-order valence-electron chi connectivity index (χ4n) is 3.16. The number of benzene rings is 1. The van der Waals surface area contributed by atoms with Crippen LogP contribution in [0.3, 0.4) is 0 Å². The maximum atomic E-state index is 11.4. The minimum Gasteiger partial charge on any atom is -0.465 e. The van der Waals surface area contributed by atoms with Crippen molar-refractivity contribution in [2.75, 3.05) is 6.54 Å². The van der Waals surface area contributed by atoms with E-state index in [0.717, 1.165) is 29.8 Å². The number of rotatable bonds is 3. The van der Waals surface area contributed by atoms with Crippen LogP contribution in [-0.2, 0) is 6.42 Å². The van der Waals surface area contributed by atoms with E-state index in [4.69, 9.17) is 10.7 Å². The third-order valence-electron chi connectivity index (χ3n) is 4.37. The van der Waals surface area contributed by atoms with E-state index in [-0.39, 0.29) is 12.1 Å². The van der Waals surface area contributed by atoms with Crippen molar-refractivity contribution >= 4 is 6.09 Å². The van der Waals surface area contributed by atoms with Gasteiger partial charge in [-0.1, -0.05) is 36.4 Å². The number of carboxylic acid groups (broad SMARTS) is 1. The lowest BCUT2D eigenvalue weighted by atomic mass is 9.93. The van der Waals surface area contributed by atoms with Gasteiger partial charge in [0.15, 0.2) is 0 Å². The Morgan fingerprint density at radius 3 is 2.74 bits per heavy atom. The monoisotopic (exact) mass is 311 g/mol. The summed E-state index contributed by atoms with van der Waals surface area (Å²) >= 11 is 0. The molecule has 23 heavy (non-hydrogen) atoms. The fourth-order valence-corrected chi connectivity index (χ4v) is 3.16. The molecule has 1 aromatic carbocycles.